The zero-order chi connectivity index (χ0) is 13.2. The van der Waals surface area contributed by atoms with Gasteiger partial charge in [-0.2, -0.15) is 0 Å². The largest absolute Gasteiger partial charge is 0.444 e. The van der Waals surface area contributed by atoms with Gasteiger partial charge in [-0.1, -0.05) is 18.2 Å². The van der Waals surface area contributed by atoms with Crippen LogP contribution in [0.4, 0.5) is 0 Å². The van der Waals surface area contributed by atoms with Crippen molar-refractivity contribution in [1.29, 1.82) is 0 Å². The van der Waals surface area contributed by atoms with Gasteiger partial charge in [0.05, 0.1) is 0 Å². The fraction of sp³-hybridized carbons (Fsp3) is 0.214. The van der Waals surface area contributed by atoms with E-state index in [2.05, 4.69) is 15.7 Å². The summed E-state index contributed by atoms with van der Waals surface area (Å²) < 4.78 is 5.52. The number of hydrogen-bond acceptors (Lipinski definition) is 4. The van der Waals surface area contributed by atoms with Crippen molar-refractivity contribution in [3.05, 3.63) is 51.1 Å². The molecule has 0 aliphatic carbocycles. The lowest BCUT2D eigenvalue weighted by Gasteiger charge is -2.01. The first-order valence-electron chi connectivity index (χ1n) is 6.01. The van der Waals surface area contributed by atoms with Gasteiger partial charge in [0, 0.05) is 35.1 Å². The van der Waals surface area contributed by atoms with E-state index in [1.54, 1.807) is 11.3 Å². The zero-order valence-corrected chi connectivity index (χ0v) is 12.0. The van der Waals surface area contributed by atoms with Gasteiger partial charge in [0.25, 0.3) is 0 Å². The van der Waals surface area contributed by atoms with Crippen molar-refractivity contribution in [2.75, 3.05) is 0 Å². The predicted octanol–water partition coefficient (Wildman–Crippen LogP) is 4.14. The predicted molar refractivity (Wildman–Crippen MR) is 78.6 cm³/mol. The second-order valence-corrected chi connectivity index (χ2v) is 5.62. The summed E-state index contributed by atoms with van der Waals surface area (Å²) in [5.41, 5.74) is 2.90. The Labute approximate surface area is 120 Å². The number of para-hydroxylation sites is 1. The molecule has 98 valence electrons. The van der Waals surface area contributed by atoms with E-state index < -0.39 is 0 Å². The summed E-state index contributed by atoms with van der Waals surface area (Å²) in [5, 5.41) is 8.02. The summed E-state index contributed by atoms with van der Waals surface area (Å²) in [6, 6.07) is 7.88. The molecule has 5 heteroatoms. The quantitative estimate of drug-likeness (QED) is 0.785. The van der Waals surface area contributed by atoms with Crippen LogP contribution in [-0.4, -0.2) is 4.98 Å². The van der Waals surface area contributed by atoms with Crippen LogP contribution in [-0.2, 0) is 13.1 Å². The SMILES string of the molecule is Cc1csc(CNCc2c(Cl)oc3ccccc23)n1. The minimum absolute atomic E-state index is 0.462. The average molecular weight is 293 g/mol. The van der Waals surface area contributed by atoms with E-state index in [-0.39, 0.29) is 0 Å². The molecule has 0 aliphatic rings. The Morgan fingerprint density at radius 1 is 1.32 bits per heavy atom. The van der Waals surface area contributed by atoms with Crippen LogP contribution < -0.4 is 5.32 Å². The smallest absolute Gasteiger partial charge is 0.199 e. The first kappa shape index (κ1) is 12.7. The Bertz CT molecular complexity index is 704. The number of hydrogen-bond donors (Lipinski definition) is 1. The molecule has 0 saturated carbocycles. The molecular formula is C14H13ClN2OS. The van der Waals surface area contributed by atoms with Crippen molar-refractivity contribution in [2.45, 2.75) is 20.0 Å². The van der Waals surface area contributed by atoms with Crippen LogP contribution in [0.25, 0.3) is 11.0 Å². The maximum Gasteiger partial charge on any atom is 0.199 e. The highest BCUT2D eigenvalue weighted by Gasteiger charge is 2.11. The summed E-state index contributed by atoms with van der Waals surface area (Å²) >= 11 is 7.80. The molecule has 0 saturated heterocycles. The number of aryl methyl sites for hydroxylation is 1. The van der Waals surface area contributed by atoms with Crippen molar-refractivity contribution in [2.24, 2.45) is 0 Å². The van der Waals surface area contributed by atoms with Gasteiger partial charge < -0.3 is 9.73 Å². The van der Waals surface area contributed by atoms with Crippen molar-refractivity contribution in [3.63, 3.8) is 0 Å². The first-order chi connectivity index (χ1) is 9.24. The maximum atomic E-state index is 6.13. The Hall–Kier alpha value is -1.36. The van der Waals surface area contributed by atoms with Crippen LogP contribution in [0, 0.1) is 6.92 Å². The van der Waals surface area contributed by atoms with Crippen LogP contribution in [0.1, 0.15) is 16.3 Å². The summed E-state index contributed by atoms with van der Waals surface area (Å²) in [5.74, 6) is 0. The van der Waals surface area contributed by atoms with Crippen molar-refractivity contribution in [3.8, 4) is 0 Å². The third-order valence-corrected chi connectivity index (χ3v) is 4.17. The second kappa shape index (κ2) is 5.33. The highest BCUT2D eigenvalue weighted by atomic mass is 35.5. The van der Waals surface area contributed by atoms with Crippen LogP contribution in [0.5, 0.6) is 0 Å². The fourth-order valence-electron chi connectivity index (χ4n) is 2.01. The van der Waals surface area contributed by atoms with Crippen molar-refractivity contribution < 1.29 is 4.42 Å². The number of nitrogens with one attached hydrogen (secondary N) is 1. The molecule has 1 aromatic carbocycles. The molecule has 1 N–H and O–H groups in total. The lowest BCUT2D eigenvalue weighted by Crippen LogP contribution is -2.12. The Morgan fingerprint density at radius 3 is 2.95 bits per heavy atom. The Morgan fingerprint density at radius 2 is 2.16 bits per heavy atom. The van der Waals surface area contributed by atoms with Gasteiger partial charge in [-0.05, 0) is 24.6 Å². The molecule has 0 aliphatic heterocycles. The van der Waals surface area contributed by atoms with E-state index in [9.17, 15) is 0 Å². The molecule has 3 nitrogen and oxygen atoms in total. The van der Waals surface area contributed by atoms with Crippen LogP contribution in [0.2, 0.25) is 5.22 Å². The van der Waals surface area contributed by atoms with E-state index in [4.69, 9.17) is 16.0 Å². The number of fused-ring (bicyclic) bond motifs is 1. The molecule has 0 atom stereocenters. The Balaban J connectivity index is 1.73. The molecular weight excluding hydrogens is 280 g/mol. The van der Waals surface area contributed by atoms with Gasteiger partial charge in [0.2, 0.25) is 0 Å². The number of thiazole rings is 1. The summed E-state index contributed by atoms with van der Waals surface area (Å²) in [6.07, 6.45) is 0. The highest BCUT2D eigenvalue weighted by molar-refractivity contribution is 7.09. The molecule has 2 aromatic heterocycles. The number of benzene rings is 1. The van der Waals surface area contributed by atoms with Gasteiger partial charge in [-0.25, -0.2) is 4.98 Å². The first-order valence-corrected chi connectivity index (χ1v) is 7.27. The standard InChI is InChI=1S/C14H13ClN2OS/c1-9-8-19-13(17-9)7-16-6-11-10-4-2-3-5-12(10)18-14(11)15/h2-5,8,16H,6-7H2,1H3. The molecule has 0 bridgehead atoms. The molecule has 0 spiro atoms. The van der Waals surface area contributed by atoms with Gasteiger partial charge in [-0.15, -0.1) is 11.3 Å². The third-order valence-electron chi connectivity index (χ3n) is 2.89. The van der Waals surface area contributed by atoms with E-state index >= 15 is 0 Å². The van der Waals surface area contributed by atoms with Crippen molar-refractivity contribution in [1.82, 2.24) is 10.3 Å². The van der Waals surface area contributed by atoms with E-state index in [1.165, 1.54) is 0 Å². The number of aromatic nitrogens is 1. The van der Waals surface area contributed by atoms with Crippen LogP contribution in [0.15, 0.2) is 34.1 Å². The summed E-state index contributed by atoms with van der Waals surface area (Å²) in [7, 11) is 0. The molecule has 0 amide bonds. The lowest BCUT2D eigenvalue weighted by molar-refractivity contribution is 0.604. The van der Waals surface area contributed by atoms with Crippen molar-refractivity contribution >= 4 is 33.9 Å². The molecule has 3 rings (SSSR count). The summed E-state index contributed by atoms with van der Waals surface area (Å²) in [6.45, 7) is 3.42. The third kappa shape index (κ3) is 2.66. The normalized spacial score (nSPS) is 11.3. The average Bonchev–Trinajstić information content (AvgIpc) is 2.94. The monoisotopic (exact) mass is 292 g/mol. The molecule has 3 aromatic rings. The van der Waals surface area contributed by atoms with Gasteiger partial charge >= 0.3 is 0 Å². The summed E-state index contributed by atoms with van der Waals surface area (Å²) in [4.78, 5) is 4.41. The molecule has 0 radical (unpaired) electrons. The number of furan rings is 1. The Kier molecular flexibility index (Phi) is 3.55. The lowest BCUT2D eigenvalue weighted by atomic mass is 10.2. The molecule has 2 heterocycles. The zero-order valence-electron chi connectivity index (χ0n) is 10.4. The van der Waals surface area contributed by atoms with Crippen LogP contribution >= 0.6 is 22.9 Å². The van der Waals surface area contributed by atoms with Gasteiger partial charge in [0.15, 0.2) is 5.22 Å². The number of rotatable bonds is 4. The minimum Gasteiger partial charge on any atom is -0.444 e. The molecule has 0 unspecified atom stereocenters. The molecule has 19 heavy (non-hydrogen) atoms. The maximum absolute atomic E-state index is 6.13. The number of nitrogens with zero attached hydrogens (tertiary/aromatic N) is 1. The number of halogens is 1. The highest BCUT2D eigenvalue weighted by Crippen LogP contribution is 2.29. The van der Waals surface area contributed by atoms with Gasteiger partial charge in [-0.3, -0.25) is 0 Å². The second-order valence-electron chi connectivity index (χ2n) is 4.34. The fourth-order valence-corrected chi connectivity index (χ4v) is 3.01. The topological polar surface area (TPSA) is 38.1 Å². The minimum atomic E-state index is 0.462. The van der Waals surface area contributed by atoms with E-state index in [0.717, 1.165) is 33.8 Å². The molecule has 0 fully saturated rings. The van der Waals surface area contributed by atoms with Gasteiger partial charge in [0.1, 0.15) is 10.6 Å². The van der Waals surface area contributed by atoms with E-state index in [1.807, 2.05) is 31.2 Å². The van der Waals surface area contributed by atoms with Crippen LogP contribution in [0.3, 0.4) is 0 Å². The van der Waals surface area contributed by atoms with E-state index in [0.29, 0.717) is 11.8 Å².